The molecule has 126 valence electrons. The van der Waals surface area contributed by atoms with Gasteiger partial charge in [-0.25, -0.2) is 4.79 Å². The standard InChI is InChI=1S/C17H25N3O3/c1-12(2)13-5-7-14(8-6-13)20-10-15(23-11-16(20)21)9-18-17(22)19(3)4/h5-8,12,15H,9-11H2,1-4H3,(H,18,22). The number of hydrogen-bond acceptors (Lipinski definition) is 3. The van der Waals surface area contributed by atoms with Gasteiger partial charge in [0, 0.05) is 26.3 Å². The molecule has 1 aliphatic heterocycles. The lowest BCUT2D eigenvalue weighted by molar-refractivity contribution is -0.129. The normalized spacial score (nSPS) is 18.2. The van der Waals surface area contributed by atoms with Crippen LogP contribution in [0.3, 0.4) is 0 Å². The van der Waals surface area contributed by atoms with Crippen molar-refractivity contribution in [2.75, 3.05) is 38.7 Å². The van der Waals surface area contributed by atoms with Gasteiger partial charge in [0.1, 0.15) is 6.61 Å². The van der Waals surface area contributed by atoms with Gasteiger partial charge >= 0.3 is 6.03 Å². The molecule has 0 radical (unpaired) electrons. The summed E-state index contributed by atoms with van der Waals surface area (Å²) in [5, 5.41) is 2.79. The van der Waals surface area contributed by atoms with Crippen LogP contribution in [0, 0.1) is 0 Å². The lowest BCUT2D eigenvalue weighted by Gasteiger charge is -2.33. The van der Waals surface area contributed by atoms with Crippen molar-refractivity contribution in [3.63, 3.8) is 0 Å². The van der Waals surface area contributed by atoms with Gasteiger partial charge in [-0.05, 0) is 23.6 Å². The van der Waals surface area contributed by atoms with Gasteiger partial charge in [-0.2, -0.15) is 0 Å². The third-order valence-corrected chi connectivity index (χ3v) is 3.89. The summed E-state index contributed by atoms with van der Waals surface area (Å²) >= 11 is 0. The van der Waals surface area contributed by atoms with Crippen LogP contribution in [-0.4, -0.2) is 56.7 Å². The molecular weight excluding hydrogens is 294 g/mol. The van der Waals surface area contributed by atoms with Crippen LogP contribution in [0.1, 0.15) is 25.3 Å². The zero-order chi connectivity index (χ0) is 17.0. The average molecular weight is 319 g/mol. The van der Waals surface area contributed by atoms with Crippen molar-refractivity contribution in [2.45, 2.75) is 25.9 Å². The topological polar surface area (TPSA) is 61.9 Å². The fraction of sp³-hybridized carbons (Fsp3) is 0.529. The van der Waals surface area contributed by atoms with Crippen LogP contribution in [0.2, 0.25) is 0 Å². The van der Waals surface area contributed by atoms with Crippen LogP contribution < -0.4 is 10.2 Å². The Morgan fingerprint density at radius 1 is 1.35 bits per heavy atom. The summed E-state index contributed by atoms with van der Waals surface area (Å²) < 4.78 is 5.51. The highest BCUT2D eigenvalue weighted by Gasteiger charge is 2.27. The summed E-state index contributed by atoms with van der Waals surface area (Å²) in [6.45, 7) is 5.13. The molecule has 1 aromatic rings. The van der Waals surface area contributed by atoms with E-state index in [4.69, 9.17) is 4.74 Å². The van der Waals surface area contributed by atoms with Crippen molar-refractivity contribution in [1.82, 2.24) is 10.2 Å². The second-order valence-electron chi connectivity index (χ2n) is 6.26. The predicted molar refractivity (Wildman–Crippen MR) is 89.7 cm³/mol. The Labute approximate surface area is 137 Å². The van der Waals surface area contributed by atoms with Crippen molar-refractivity contribution in [1.29, 1.82) is 0 Å². The number of morpholine rings is 1. The molecule has 0 aromatic heterocycles. The number of carbonyl (C=O) groups is 2. The highest BCUT2D eigenvalue weighted by atomic mass is 16.5. The highest BCUT2D eigenvalue weighted by Crippen LogP contribution is 2.22. The Morgan fingerprint density at radius 2 is 2.00 bits per heavy atom. The molecule has 2 rings (SSSR count). The fourth-order valence-corrected chi connectivity index (χ4v) is 2.40. The average Bonchev–Trinajstić information content (AvgIpc) is 2.53. The minimum atomic E-state index is -0.207. The Hall–Kier alpha value is -2.08. The number of carbonyl (C=O) groups excluding carboxylic acids is 2. The zero-order valence-electron chi connectivity index (χ0n) is 14.2. The van der Waals surface area contributed by atoms with Crippen LogP contribution >= 0.6 is 0 Å². The second-order valence-corrected chi connectivity index (χ2v) is 6.26. The van der Waals surface area contributed by atoms with Gasteiger partial charge in [0.05, 0.1) is 12.6 Å². The number of benzene rings is 1. The first-order valence-electron chi connectivity index (χ1n) is 7.85. The van der Waals surface area contributed by atoms with Gasteiger partial charge in [0.15, 0.2) is 0 Å². The SMILES string of the molecule is CC(C)c1ccc(N2CC(CNC(=O)N(C)C)OCC2=O)cc1. The van der Waals surface area contributed by atoms with Crippen molar-refractivity contribution in [3.8, 4) is 0 Å². The number of nitrogens with zero attached hydrogens (tertiary/aromatic N) is 2. The molecule has 1 unspecified atom stereocenters. The van der Waals surface area contributed by atoms with E-state index >= 15 is 0 Å². The maximum atomic E-state index is 12.1. The third kappa shape index (κ3) is 4.45. The molecular formula is C17H25N3O3. The minimum absolute atomic E-state index is 0.0361. The van der Waals surface area contributed by atoms with Gasteiger partial charge in [-0.15, -0.1) is 0 Å². The van der Waals surface area contributed by atoms with Crippen LogP contribution in [0.15, 0.2) is 24.3 Å². The monoisotopic (exact) mass is 319 g/mol. The van der Waals surface area contributed by atoms with E-state index < -0.39 is 0 Å². The van der Waals surface area contributed by atoms with Gasteiger partial charge in [0.25, 0.3) is 5.91 Å². The van der Waals surface area contributed by atoms with E-state index in [-0.39, 0.29) is 24.6 Å². The van der Waals surface area contributed by atoms with Crippen molar-refractivity contribution >= 4 is 17.6 Å². The van der Waals surface area contributed by atoms with Crippen molar-refractivity contribution < 1.29 is 14.3 Å². The first-order chi connectivity index (χ1) is 10.9. The summed E-state index contributed by atoms with van der Waals surface area (Å²) in [5.41, 5.74) is 2.11. The molecule has 0 aliphatic carbocycles. The number of hydrogen-bond donors (Lipinski definition) is 1. The summed E-state index contributed by atoms with van der Waals surface area (Å²) in [7, 11) is 3.37. The molecule has 1 aromatic carbocycles. The lowest BCUT2D eigenvalue weighted by atomic mass is 10.0. The number of nitrogens with one attached hydrogen (secondary N) is 1. The van der Waals surface area contributed by atoms with Crippen LogP contribution in [0.5, 0.6) is 0 Å². The van der Waals surface area contributed by atoms with Gasteiger partial charge in [0.2, 0.25) is 0 Å². The highest BCUT2D eigenvalue weighted by molar-refractivity contribution is 5.95. The van der Waals surface area contributed by atoms with E-state index in [1.54, 1.807) is 19.0 Å². The smallest absolute Gasteiger partial charge is 0.316 e. The molecule has 3 amide bonds. The molecule has 1 aliphatic rings. The van der Waals surface area contributed by atoms with Gasteiger partial charge < -0.3 is 19.9 Å². The first kappa shape index (κ1) is 17.3. The maximum Gasteiger partial charge on any atom is 0.316 e. The Balaban J connectivity index is 2.00. The van der Waals surface area contributed by atoms with Crippen molar-refractivity contribution in [3.05, 3.63) is 29.8 Å². The molecule has 23 heavy (non-hydrogen) atoms. The summed E-state index contributed by atoms with van der Waals surface area (Å²) in [5.74, 6) is 0.399. The van der Waals surface area contributed by atoms with Crippen molar-refractivity contribution in [2.24, 2.45) is 0 Å². The Bertz CT molecular complexity index is 555. The van der Waals surface area contributed by atoms with Gasteiger partial charge in [-0.1, -0.05) is 26.0 Å². The molecule has 1 fully saturated rings. The summed E-state index contributed by atoms with van der Waals surface area (Å²) in [6, 6.07) is 7.86. The number of rotatable bonds is 4. The van der Waals surface area contributed by atoms with Gasteiger partial charge in [-0.3, -0.25) is 4.79 Å². The van der Waals surface area contributed by atoms with E-state index in [0.29, 0.717) is 19.0 Å². The quantitative estimate of drug-likeness (QED) is 0.921. The first-order valence-corrected chi connectivity index (χ1v) is 7.85. The molecule has 1 saturated heterocycles. The van der Waals surface area contributed by atoms with E-state index in [9.17, 15) is 9.59 Å². The summed E-state index contributed by atoms with van der Waals surface area (Å²) in [4.78, 5) is 26.9. The number of urea groups is 1. The molecule has 6 heteroatoms. The maximum absolute atomic E-state index is 12.1. The minimum Gasteiger partial charge on any atom is -0.365 e. The largest absolute Gasteiger partial charge is 0.365 e. The third-order valence-electron chi connectivity index (χ3n) is 3.89. The molecule has 0 bridgehead atoms. The molecule has 1 atom stereocenters. The predicted octanol–water partition coefficient (Wildman–Crippen LogP) is 1.81. The van der Waals surface area contributed by atoms with Crippen LogP contribution in [0.25, 0.3) is 0 Å². The number of ether oxygens (including phenoxy) is 1. The number of anilines is 1. The van der Waals surface area contributed by atoms with E-state index in [2.05, 4.69) is 19.2 Å². The van der Waals surface area contributed by atoms with Crippen LogP contribution in [-0.2, 0) is 9.53 Å². The molecule has 1 N–H and O–H groups in total. The van der Waals surface area contributed by atoms with E-state index in [1.165, 1.54) is 10.5 Å². The number of amides is 3. The Morgan fingerprint density at radius 3 is 2.57 bits per heavy atom. The second kappa shape index (κ2) is 7.46. The Kier molecular flexibility index (Phi) is 5.60. The lowest BCUT2D eigenvalue weighted by Crippen LogP contribution is -2.51. The molecule has 6 nitrogen and oxygen atoms in total. The molecule has 0 spiro atoms. The molecule has 0 saturated carbocycles. The molecule has 1 heterocycles. The van der Waals surface area contributed by atoms with E-state index in [1.807, 2.05) is 24.3 Å². The fourth-order valence-electron chi connectivity index (χ4n) is 2.40. The summed E-state index contributed by atoms with van der Waals surface area (Å²) in [6.07, 6.45) is -0.207. The van der Waals surface area contributed by atoms with Crippen LogP contribution in [0.4, 0.5) is 10.5 Å². The van der Waals surface area contributed by atoms with E-state index in [0.717, 1.165) is 5.69 Å². The zero-order valence-corrected chi connectivity index (χ0v) is 14.2.